The Bertz CT molecular complexity index is 883. The summed E-state index contributed by atoms with van der Waals surface area (Å²) in [4.78, 5) is 11.5. The Kier molecular flexibility index (Phi) is 7.39. The number of anilines is 2. The summed E-state index contributed by atoms with van der Waals surface area (Å²) in [5.41, 5.74) is 3.16. The zero-order valence-corrected chi connectivity index (χ0v) is 17.9. The van der Waals surface area contributed by atoms with E-state index in [1.54, 1.807) is 0 Å². The zero-order valence-electron chi connectivity index (χ0n) is 16.3. The molecule has 1 heterocycles. The minimum Gasteiger partial charge on any atom is -0.366 e. The number of nitrogens with zero attached hydrogens (tertiary/aromatic N) is 3. The summed E-state index contributed by atoms with van der Waals surface area (Å²) in [7, 11) is 4.16. The van der Waals surface area contributed by atoms with Crippen molar-refractivity contribution in [1.82, 2.24) is 14.9 Å². The molecule has 28 heavy (non-hydrogen) atoms. The first-order chi connectivity index (χ1) is 13.6. The normalized spacial score (nSPS) is 10.9. The molecule has 3 aromatic rings. The quantitative estimate of drug-likeness (QED) is 0.465. The SMILES string of the molecule is CN(C)CCCNc1nc(NCc2ccccc2Br)cc(-c2ccccc2)n1. The Labute approximate surface area is 175 Å². The van der Waals surface area contributed by atoms with Gasteiger partial charge in [0.2, 0.25) is 5.95 Å². The molecule has 0 amide bonds. The minimum atomic E-state index is 0.648. The highest BCUT2D eigenvalue weighted by molar-refractivity contribution is 9.10. The van der Waals surface area contributed by atoms with E-state index in [0.29, 0.717) is 12.5 Å². The van der Waals surface area contributed by atoms with Gasteiger partial charge in [-0.05, 0) is 38.7 Å². The molecule has 0 aliphatic carbocycles. The number of hydrogen-bond acceptors (Lipinski definition) is 5. The highest BCUT2D eigenvalue weighted by Crippen LogP contribution is 2.23. The molecule has 0 atom stereocenters. The van der Waals surface area contributed by atoms with Gasteiger partial charge in [-0.1, -0.05) is 64.5 Å². The van der Waals surface area contributed by atoms with Crippen molar-refractivity contribution in [2.45, 2.75) is 13.0 Å². The van der Waals surface area contributed by atoms with Gasteiger partial charge in [-0.3, -0.25) is 0 Å². The van der Waals surface area contributed by atoms with E-state index in [4.69, 9.17) is 4.98 Å². The second kappa shape index (κ2) is 10.2. The Balaban J connectivity index is 1.77. The molecule has 0 unspecified atom stereocenters. The summed E-state index contributed by atoms with van der Waals surface area (Å²) < 4.78 is 1.09. The molecule has 0 aliphatic heterocycles. The monoisotopic (exact) mass is 439 g/mol. The molecule has 2 N–H and O–H groups in total. The van der Waals surface area contributed by atoms with Gasteiger partial charge in [0.15, 0.2) is 0 Å². The van der Waals surface area contributed by atoms with Crippen LogP contribution in [0.4, 0.5) is 11.8 Å². The molecule has 146 valence electrons. The number of hydrogen-bond donors (Lipinski definition) is 2. The lowest BCUT2D eigenvalue weighted by Gasteiger charge is -2.13. The lowest BCUT2D eigenvalue weighted by atomic mass is 10.1. The fourth-order valence-electron chi connectivity index (χ4n) is 2.80. The molecule has 2 aromatic carbocycles. The van der Waals surface area contributed by atoms with Gasteiger partial charge in [-0.15, -0.1) is 0 Å². The number of rotatable bonds is 9. The lowest BCUT2D eigenvalue weighted by molar-refractivity contribution is 0.405. The molecule has 0 fully saturated rings. The van der Waals surface area contributed by atoms with E-state index in [1.165, 1.54) is 5.56 Å². The van der Waals surface area contributed by atoms with Gasteiger partial charge in [-0.25, -0.2) is 4.98 Å². The van der Waals surface area contributed by atoms with Gasteiger partial charge in [0.1, 0.15) is 5.82 Å². The van der Waals surface area contributed by atoms with E-state index in [2.05, 4.69) is 68.7 Å². The van der Waals surface area contributed by atoms with E-state index in [1.807, 2.05) is 42.5 Å². The predicted molar refractivity (Wildman–Crippen MR) is 121 cm³/mol. The van der Waals surface area contributed by atoms with Crippen molar-refractivity contribution in [3.05, 3.63) is 70.7 Å². The lowest BCUT2D eigenvalue weighted by Crippen LogP contribution is -2.17. The number of halogens is 1. The van der Waals surface area contributed by atoms with Crippen LogP contribution in [0.3, 0.4) is 0 Å². The third kappa shape index (κ3) is 6.04. The van der Waals surface area contributed by atoms with Crippen molar-refractivity contribution >= 4 is 27.7 Å². The standard InChI is InChI=1S/C22H26BrN5/c1-28(2)14-8-13-24-22-26-20(17-9-4-3-5-10-17)15-21(27-22)25-16-18-11-6-7-12-19(18)23/h3-7,9-12,15H,8,13-14,16H2,1-2H3,(H2,24,25,26,27). The molecular weight excluding hydrogens is 414 g/mol. The highest BCUT2D eigenvalue weighted by atomic mass is 79.9. The van der Waals surface area contributed by atoms with Gasteiger partial charge in [0.25, 0.3) is 0 Å². The second-order valence-corrected chi connectivity index (χ2v) is 7.71. The summed E-state index contributed by atoms with van der Waals surface area (Å²) >= 11 is 3.60. The Hall–Kier alpha value is -2.44. The molecule has 0 saturated heterocycles. The van der Waals surface area contributed by atoms with E-state index in [-0.39, 0.29) is 0 Å². The van der Waals surface area contributed by atoms with Gasteiger partial charge >= 0.3 is 0 Å². The van der Waals surface area contributed by atoms with Crippen LogP contribution in [0.15, 0.2) is 65.1 Å². The molecule has 6 heteroatoms. The molecule has 0 bridgehead atoms. The van der Waals surface area contributed by atoms with Crippen molar-refractivity contribution in [3.8, 4) is 11.3 Å². The number of nitrogens with one attached hydrogen (secondary N) is 2. The third-order valence-electron chi connectivity index (χ3n) is 4.28. The van der Waals surface area contributed by atoms with E-state index in [0.717, 1.165) is 41.1 Å². The van der Waals surface area contributed by atoms with Crippen molar-refractivity contribution in [2.24, 2.45) is 0 Å². The summed E-state index contributed by atoms with van der Waals surface area (Å²) in [6.07, 6.45) is 1.03. The average Bonchev–Trinajstić information content (AvgIpc) is 2.71. The minimum absolute atomic E-state index is 0.648. The Morgan fingerprint density at radius 3 is 2.43 bits per heavy atom. The van der Waals surface area contributed by atoms with E-state index in [9.17, 15) is 0 Å². The van der Waals surface area contributed by atoms with Gasteiger partial charge in [0, 0.05) is 29.2 Å². The van der Waals surface area contributed by atoms with Crippen LogP contribution in [0.5, 0.6) is 0 Å². The molecule has 1 aromatic heterocycles. The van der Waals surface area contributed by atoms with Gasteiger partial charge in [-0.2, -0.15) is 4.98 Å². The van der Waals surface area contributed by atoms with Crippen LogP contribution in [0.2, 0.25) is 0 Å². The summed E-state index contributed by atoms with van der Waals surface area (Å²) in [6.45, 7) is 2.55. The van der Waals surface area contributed by atoms with Crippen molar-refractivity contribution in [2.75, 3.05) is 37.8 Å². The number of benzene rings is 2. The molecule has 0 saturated carbocycles. The average molecular weight is 440 g/mol. The maximum atomic E-state index is 4.71. The van der Waals surface area contributed by atoms with E-state index >= 15 is 0 Å². The molecular formula is C22H26BrN5. The van der Waals surface area contributed by atoms with Crippen LogP contribution in [0.1, 0.15) is 12.0 Å². The van der Waals surface area contributed by atoms with Gasteiger partial charge < -0.3 is 15.5 Å². The van der Waals surface area contributed by atoms with Crippen molar-refractivity contribution in [1.29, 1.82) is 0 Å². The first kappa shape index (κ1) is 20.3. The topological polar surface area (TPSA) is 53.1 Å². The molecule has 0 aliphatic rings. The predicted octanol–water partition coefficient (Wildman–Crippen LogP) is 4.88. The first-order valence-electron chi connectivity index (χ1n) is 9.42. The highest BCUT2D eigenvalue weighted by Gasteiger charge is 2.07. The molecule has 3 rings (SSSR count). The van der Waals surface area contributed by atoms with Crippen LogP contribution in [0.25, 0.3) is 11.3 Å². The summed E-state index contributed by atoms with van der Waals surface area (Å²) in [5, 5.41) is 6.79. The van der Waals surface area contributed by atoms with Crippen molar-refractivity contribution < 1.29 is 0 Å². The smallest absolute Gasteiger partial charge is 0.225 e. The Morgan fingerprint density at radius 2 is 1.68 bits per heavy atom. The fourth-order valence-corrected chi connectivity index (χ4v) is 3.22. The number of aromatic nitrogens is 2. The summed E-state index contributed by atoms with van der Waals surface area (Å²) in [6, 6.07) is 20.4. The van der Waals surface area contributed by atoms with Crippen LogP contribution in [-0.2, 0) is 6.54 Å². The second-order valence-electron chi connectivity index (χ2n) is 6.86. The van der Waals surface area contributed by atoms with Crippen LogP contribution >= 0.6 is 15.9 Å². The zero-order chi connectivity index (χ0) is 19.8. The van der Waals surface area contributed by atoms with Crippen LogP contribution in [-0.4, -0.2) is 42.1 Å². The maximum absolute atomic E-state index is 4.71. The molecule has 0 spiro atoms. The first-order valence-corrected chi connectivity index (χ1v) is 10.2. The summed E-state index contributed by atoms with van der Waals surface area (Å²) in [5.74, 6) is 1.45. The molecule has 0 radical (unpaired) electrons. The van der Waals surface area contributed by atoms with Crippen LogP contribution in [0, 0.1) is 0 Å². The third-order valence-corrected chi connectivity index (χ3v) is 5.05. The maximum Gasteiger partial charge on any atom is 0.225 e. The fraction of sp³-hybridized carbons (Fsp3) is 0.273. The molecule has 5 nitrogen and oxygen atoms in total. The van der Waals surface area contributed by atoms with E-state index < -0.39 is 0 Å². The largest absolute Gasteiger partial charge is 0.366 e. The van der Waals surface area contributed by atoms with Crippen LogP contribution < -0.4 is 10.6 Å². The van der Waals surface area contributed by atoms with Gasteiger partial charge in [0.05, 0.1) is 5.69 Å². The van der Waals surface area contributed by atoms with Crippen molar-refractivity contribution in [3.63, 3.8) is 0 Å². The Morgan fingerprint density at radius 1 is 0.929 bits per heavy atom.